The van der Waals surface area contributed by atoms with Gasteiger partial charge >= 0.3 is 0 Å². The molecule has 1 nitrogen and oxygen atoms in total. The van der Waals surface area contributed by atoms with Gasteiger partial charge in [0, 0.05) is 11.6 Å². The van der Waals surface area contributed by atoms with Crippen LogP contribution in [0.2, 0.25) is 0 Å². The molecule has 33 heavy (non-hydrogen) atoms. The Morgan fingerprint density at radius 1 is 0.848 bits per heavy atom. The van der Waals surface area contributed by atoms with Crippen molar-refractivity contribution < 1.29 is 4.57 Å². The maximum absolute atomic E-state index is 2.56. The lowest BCUT2D eigenvalue weighted by atomic mass is 9.53. The van der Waals surface area contributed by atoms with Crippen molar-refractivity contribution in [3.8, 4) is 11.3 Å². The van der Waals surface area contributed by atoms with Crippen LogP contribution in [0, 0.1) is 30.6 Å². The largest absolute Gasteiger partial charge is 0.220 e. The highest BCUT2D eigenvalue weighted by atomic mass is 14.9. The number of aryl methyl sites for hydroxylation is 2. The Labute approximate surface area is 200 Å². The number of pyridine rings is 1. The van der Waals surface area contributed by atoms with Gasteiger partial charge in [0.05, 0.1) is 5.39 Å². The van der Waals surface area contributed by atoms with Crippen molar-refractivity contribution in [2.24, 2.45) is 30.7 Å². The van der Waals surface area contributed by atoms with E-state index in [4.69, 9.17) is 0 Å². The highest BCUT2D eigenvalue weighted by molar-refractivity contribution is 5.94. The third-order valence-corrected chi connectivity index (χ3v) is 9.50. The minimum atomic E-state index is 0.150. The average molecular weight is 439 g/mol. The first-order chi connectivity index (χ1) is 15.8. The first-order valence-corrected chi connectivity index (χ1v) is 13.3. The summed E-state index contributed by atoms with van der Waals surface area (Å²) in [6.07, 6.45) is 11.2. The average Bonchev–Trinajstić information content (AvgIpc) is 2.77. The van der Waals surface area contributed by atoms with Crippen LogP contribution < -0.4 is 4.57 Å². The van der Waals surface area contributed by atoms with Crippen LogP contribution in [0.5, 0.6) is 0 Å². The van der Waals surface area contributed by atoms with Crippen molar-refractivity contribution in [3.63, 3.8) is 0 Å². The highest BCUT2D eigenvalue weighted by Gasteiger charge is 2.46. The smallest absolute Gasteiger partial charge is 0.200 e. The van der Waals surface area contributed by atoms with Crippen LogP contribution in [0.25, 0.3) is 22.0 Å². The van der Waals surface area contributed by atoms with Gasteiger partial charge in [-0.05, 0) is 108 Å². The van der Waals surface area contributed by atoms with E-state index in [2.05, 4.69) is 88.0 Å². The molecule has 0 saturated heterocycles. The molecule has 3 bridgehead atoms. The van der Waals surface area contributed by atoms with Crippen LogP contribution in [0.4, 0.5) is 0 Å². The third kappa shape index (κ3) is 3.63. The minimum Gasteiger partial charge on any atom is -0.200 e. The Hall–Kier alpha value is -2.15. The van der Waals surface area contributed by atoms with Crippen LogP contribution in [0.1, 0.15) is 81.9 Å². The predicted molar refractivity (Wildman–Crippen MR) is 138 cm³/mol. The van der Waals surface area contributed by atoms with E-state index in [1.165, 1.54) is 71.7 Å². The number of rotatable bonds is 2. The molecule has 1 heterocycles. The predicted octanol–water partition coefficient (Wildman–Crippen LogP) is 7.87. The Kier molecular flexibility index (Phi) is 4.98. The lowest BCUT2D eigenvalue weighted by molar-refractivity contribution is -0.659. The molecule has 0 radical (unpaired) electrons. The molecule has 1 heteroatoms. The Morgan fingerprint density at radius 3 is 2.48 bits per heavy atom. The molecule has 3 aromatic rings. The molecule has 3 fully saturated rings. The van der Waals surface area contributed by atoms with E-state index in [1.54, 1.807) is 5.56 Å². The fourth-order valence-electron chi connectivity index (χ4n) is 7.81. The topological polar surface area (TPSA) is 3.88 Å². The summed E-state index contributed by atoms with van der Waals surface area (Å²) in [5.74, 6) is 4.75. The van der Waals surface area contributed by atoms with Gasteiger partial charge in [-0.3, -0.25) is 0 Å². The number of nitrogens with zero attached hydrogens (tertiary/aromatic N) is 1. The first kappa shape index (κ1) is 21.4. The van der Waals surface area contributed by atoms with E-state index in [9.17, 15) is 0 Å². The summed E-state index contributed by atoms with van der Waals surface area (Å²) in [5, 5.41) is 2.79. The van der Waals surface area contributed by atoms with E-state index in [0.29, 0.717) is 0 Å². The molecule has 3 saturated carbocycles. The summed E-state index contributed by atoms with van der Waals surface area (Å²) in [6.45, 7) is 9.18. The van der Waals surface area contributed by atoms with Crippen LogP contribution in [0.3, 0.4) is 0 Å². The lowest BCUT2D eigenvalue weighted by Crippen LogP contribution is -2.41. The van der Waals surface area contributed by atoms with Gasteiger partial charge in [-0.1, -0.05) is 51.5 Å². The normalized spacial score (nSPS) is 28.9. The Balaban J connectivity index is 1.44. The zero-order valence-corrected chi connectivity index (χ0v) is 21.2. The van der Waals surface area contributed by atoms with Gasteiger partial charge in [-0.15, -0.1) is 0 Å². The zero-order chi connectivity index (χ0) is 22.9. The van der Waals surface area contributed by atoms with Crippen molar-refractivity contribution in [2.45, 2.75) is 77.6 Å². The molecule has 172 valence electrons. The maximum atomic E-state index is 2.56. The third-order valence-electron chi connectivity index (χ3n) is 9.50. The second-order valence-corrected chi connectivity index (χ2v) is 12.7. The molecule has 0 aliphatic heterocycles. The van der Waals surface area contributed by atoms with Gasteiger partial charge in [-0.2, -0.15) is 0 Å². The summed E-state index contributed by atoms with van der Waals surface area (Å²) in [7, 11) is 2.20. The minimum absolute atomic E-state index is 0.150. The molecule has 0 spiro atoms. The van der Waals surface area contributed by atoms with E-state index in [1.807, 2.05) is 0 Å². The Bertz CT molecular complexity index is 1210. The van der Waals surface area contributed by atoms with Gasteiger partial charge in [0.25, 0.3) is 0 Å². The quantitative estimate of drug-likeness (QED) is 0.358. The molecule has 0 N–H and O–H groups in total. The van der Waals surface area contributed by atoms with Crippen molar-refractivity contribution in [1.82, 2.24) is 0 Å². The monoisotopic (exact) mass is 438 g/mol. The van der Waals surface area contributed by atoms with Crippen molar-refractivity contribution in [2.75, 3.05) is 0 Å². The number of benzene rings is 2. The van der Waals surface area contributed by atoms with E-state index >= 15 is 0 Å². The fourth-order valence-corrected chi connectivity index (χ4v) is 7.81. The van der Waals surface area contributed by atoms with Crippen LogP contribution >= 0.6 is 0 Å². The van der Waals surface area contributed by atoms with E-state index < -0.39 is 0 Å². The number of aromatic nitrogens is 1. The fraction of sp³-hybridized carbons (Fsp3) is 0.531. The molecule has 0 amide bonds. The molecule has 6 rings (SSSR count). The van der Waals surface area contributed by atoms with Gasteiger partial charge in [0.15, 0.2) is 6.20 Å². The number of hydrogen-bond acceptors (Lipinski definition) is 0. The molecule has 1 aromatic heterocycles. The standard InChI is InChI=1S/C32H40N/c1-20-6-9-26(32(2,3)4)19-29(20)31-28-11-8-23(18-24(28)12-13-33(31)5)30-17-22-14-21-7-10-27(30)25(15-21)16-22/h6,8-9,11-13,18-19,21-22,25,27,30H,7,10,14-17H2,1-5H3/q+1. The van der Waals surface area contributed by atoms with Crippen LogP contribution in [-0.2, 0) is 12.5 Å². The van der Waals surface area contributed by atoms with Gasteiger partial charge in [0.2, 0.25) is 5.69 Å². The van der Waals surface area contributed by atoms with Crippen molar-refractivity contribution >= 4 is 10.8 Å². The van der Waals surface area contributed by atoms with Crippen molar-refractivity contribution in [3.05, 3.63) is 65.4 Å². The molecule has 5 unspecified atom stereocenters. The maximum Gasteiger partial charge on any atom is 0.220 e. The summed E-state index contributed by atoms with van der Waals surface area (Å²) < 4.78 is 2.32. The zero-order valence-electron chi connectivity index (χ0n) is 21.2. The SMILES string of the molecule is Cc1ccc(C(C)(C)C)cc1-c1c2ccc(C3CC4CC5CCC3C(C5)C4)cc2cc[n+]1C. The molecule has 3 aliphatic carbocycles. The van der Waals surface area contributed by atoms with Crippen LogP contribution in [-0.4, -0.2) is 0 Å². The van der Waals surface area contributed by atoms with E-state index in [-0.39, 0.29) is 5.41 Å². The summed E-state index contributed by atoms with van der Waals surface area (Å²) in [4.78, 5) is 0. The number of fused-ring (bicyclic) bond motifs is 3. The summed E-state index contributed by atoms with van der Waals surface area (Å²) >= 11 is 0. The molecule has 2 aromatic carbocycles. The molecule has 3 aliphatic rings. The molecular formula is C32H40N+. The second kappa shape index (κ2) is 7.69. The lowest BCUT2D eigenvalue weighted by Gasteiger charge is -2.52. The van der Waals surface area contributed by atoms with Crippen LogP contribution in [0.15, 0.2) is 48.7 Å². The van der Waals surface area contributed by atoms with Crippen molar-refractivity contribution in [1.29, 1.82) is 0 Å². The second-order valence-electron chi connectivity index (χ2n) is 12.7. The summed E-state index contributed by atoms with van der Waals surface area (Å²) in [5.41, 5.74) is 7.24. The van der Waals surface area contributed by atoms with E-state index in [0.717, 1.165) is 29.6 Å². The van der Waals surface area contributed by atoms with Gasteiger partial charge in [0.1, 0.15) is 7.05 Å². The highest BCUT2D eigenvalue weighted by Crippen LogP contribution is 2.57. The Morgan fingerprint density at radius 2 is 1.67 bits per heavy atom. The first-order valence-electron chi connectivity index (χ1n) is 13.3. The van der Waals surface area contributed by atoms with Gasteiger partial charge in [-0.25, -0.2) is 4.57 Å². The summed E-state index contributed by atoms with van der Waals surface area (Å²) in [6, 6.07) is 16.9. The number of hydrogen-bond donors (Lipinski definition) is 0. The van der Waals surface area contributed by atoms with Gasteiger partial charge < -0.3 is 0 Å². The molecule has 5 atom stereocenters. The molecular weight excluding hydrogens is 398 g/mol.